The molecule has 8 atom stereocenters. The van der Waals surface area contributed by atoms with Gasteiger partial charge in [-0.25, -0.2) is 0 Å². The van der Waals surface area contributed by atoms with Gasteiger partial charge in [0.2, 0.25) is 0 Å². The molecule has 0 aromatic carbocycles. The van der Waals surface area contributed by atoms with Gasteiger partial charge in [0.25, 0.3) is 10.1 Å². The van der Waals surface area contributed by atoms with Gasteiger partial charge >= 0.3 is 5.90 Å². The Labute approximate surface area is 248 Å². The van der Waals surface area contributed by atoms with Crippen molar-refractivity contribution in [2.45, 2.75) is 134 Å². The first-order valence-electron chi connectivity index (χ1n) is 17.0. The lowest BCUT2D eigenvalue weighted by atomic mass is 9.67. The van der Waals surface area contributed by atoms with Crippen LogP contribution in [0.4, 0.5) is 0 Å². The van der Waals surface area contributed by atoms with Crippen LogP contribution in [-0.4, -0.2) is 71.5 Å². The maximum atomic E-state index is 11.3. The molecule has 0 amide bonds. The van der Waals surface area contributed by atoms with E-state index in [9.17, 15) is 13.0 Å². The van der Waals surface area contributed by atoms with E-state index < -0.39 is 10.1 Å². The summed E-state index contributed by atoms with van der Waals surface area (Å²) in [5, 5.41) is 0. The number of hydrogen-bond acceptors (Lipinski definition) is 5. The van der Waals surface area contributed by atoms with Gasteiger partial charge in [0.15, 0.2) is 18.0 Å². The first kappa shape index (κ1) is 29.5. The van der Waals surface area contributed by atoms with Gasteiger partial charge in [0.1, 0.15) is 12.6 Å². The first-order valence-corrected chi connectivity index (χ1v) is 18.6. The molecule has 1 saturated heterocycles. The Kier molecular flexibility index (Phi) is 9.07. The van der Waals surface area contributed by atoms with Gasteiger partial charge in [-0.1, -0.05) is 45.4 Å². The average molecular weight is 590 g/mol. The van der Waals surface area contributed by atoms with E-state index in [1.165, 1.54) is 76.2 Å². The summed E-state index contributed by atoms with van der Waals surface area (Å²) in [6, 6.07) is 0.877. The topological polar surface area (TPSA) is 79.1 Å². The lowest BCUT2D eigenvalue weighted by Gasteiger charge is -2.42. The highest BCUT2D eigenvalue weighted by atomic mass is 32.2. The number of allylic oxidation sites excluding steroid dienone is 2. The summed E-state index contributed by atoms with van der Waals surface area (Å²) in [6.45, 7) is 6.23. The third-order valence-corrected chi connectivity index (χ3v) is 12.3. The van der Waals surface area contributed by atoms with Crippen LogP contribution >= 0.6 is 0 Å². The second kappa shape index (κ2) is 12.6. The van der Waals surface area contributed by atoms with Gasteiger partial charge in [-0.3, -0.25) is 4.55 Å². The largest absolute Gasteiger partial charge is 0.474 e. The predicted molar refractivity (Wildman–Crippen MR) is 161 cm³/mol. The van der Waals surface area contributed by atoms with Crippen molar-refractivity contribution in [3.63, 3.8) is 0 Å². The molecule has 41 heavy (non-hydrogen) atoms. The second-order valence-corrected chi connectivity index (χ2v) is 15.4. The van der Waals surface area contributed by atoms with Crippen LogP contribution in [0, 0.1) is 23.7 Å². The van der Waals surface area contributed by atoms with Gasteiger partial charge in [-0.05, 0) is 88.0 Å². The van der Waals surface area contributed by atoms with Crippen molar-refractivity contribution >= 4 is 16.0 Å². The Bertz CT molecular complexity index is 1150. The third kappa shape index (κ3) is 6.39. The number of fused-ring (bicyclic) bond motifs is 5. The van der Waals surface area contributed by atoms with E-state index in [2.05, 4.69) is 35.5 Å². The SMILES string of the molecule is CCC(=CC1=[N+](CC)C2C(CCC3CCCCC32)O1)C=C1OC2CC3CCCCC3CC2N1CCCCS(=O)(=O)O. The van der Waals surface area contributed by atoms with Crippen LogP contribution in [0.5, 0.6) is 0 Å². The van der Waals surface area contributed by atoms with Crippen molar-refractivity contribution in [2.75, 3.05) is 18.8 Å². The maximum Gasteiger partial charge on any atom is 0.363 e. The highest BCUT2D eigenvalue weighted by Crippen LogP contribution is 2.47. The zero-order valence-electron chi connectivity index (χ0n) is 25.4. The molecule has 0 bridgehead atoms. The number of likely N-dealkylation sites (N-methyl/N-ethyl adjacent to an activating group) is 1. The Morgan fingerprint density at radius 2 is 1.66 bits per heavy atom. The van der Waals surface area contributed by atoms with Crippen molar-refractivity contribution in [3.8, 4) is 0 Å². The average Bonchev–Trinajstić information content (AvgIpc) is 3.49. The van der Waals surface area contributed by atoms with Gasteiger partial charge in [-0.15, -0.1) is 0 Å². The van der Waals surface area contributed by atoms with E-state index in [0.29, 0.717) is 24.6 Å². The van der Waals surface area contributed by atoms with E-state index in [-0.39, 0.29) is 11.9 Å². The number of nitrogens with zero attached hydrogens (tertiary/aromatic N) is 2. The Hall–Kier alpha value is -1.54. The zero-order valence-corrected chi connectivity index (χ0v) is 26.2. The normalized spacial score (nSPS) is 38.2. The lowest BCUT2D eigenvalue weighted by Crippen LogP contribution is -2.47. The highest BCUT2D eigenvalue weighted by molar-refractivity contribution is 7.85. The Morgan fingerprint density at radius 3 is 2.39 bits per heavy atom. The van der Waals surface area contributed by atoms with Crippen LogP contribution in [-0.2, 0) is 19.6 Å². The molecule has 4 saturated carbocycles. The van der Waals surface area contributed by atoms with Crippen LogP contribution in [0.3, 0.4) is 0 Å². The van der Waals surface area contributed by atoms with Crippen LogP contribution in [0.1, 0.15) is 110 Å². The molecule has 4 aliphatic carbocycles. The van der Waals surface area contributed by atoms with E-state index >= 15 is 0 Å². The third-order valence-electron chi connectivity index (χ3n) is 11.5. The second-order valence-electron chi connectivity index (χ2n) is 13.8. The van der Waals surface area contributed by atoms with Gasteiger partial charge in [-0.2, -0.15) is 13.0 Å². The van der Waals surface area contributed by atoms with E-state index in [1.807, 2.05) is 0 Å². The van der Waals surface area contributed by atoms with Crippen molar-refractivity contribution < 1.29 is 27.0 Å². The standard InChI is InChI=1S/C33H52N2O5S/c1-3-23(19-31-34(4-2)33-27-14-8-7-11-24(27)15-16-29(33)39-31)20-32-35(17-9-10-18-41(36,37)38)28-21-25-12-5-6-13-26(25)22-30(28)40-32/h19-20,24-30,33H,3-18,21-22H2,1-2H3/p+1. The fraction of sp³-hybridized carbons (Fsp3) is 0.848. The smallest absolute Gasteiger partial charge is 0.363 e. The molecule has 0 aromatic rings. The monoisotopic (exact) mass is 589 g/mol. The number of unbranched alkanes of at least 4 members (excludes halogenated alkanes) is 1. The number of hydrogen-bond donors (Lipinski definition) is 1. The van der Waals surface area contributed by atoms with Crippen LogP contribution in [0.2, 0.25) is 0 Å². The zero-order chi connectivity index (χ0) is 28.6. The Balaban J connectivity index is 1.24. The van der Waals surface area contributed by atoms with Gasteiger partial charge < -0.3 is 14.4 Å². The quantitative estimate of drug-likeness (QED) is 0.193. The van der Waals surface area contributed by atoms with Gasteiger partial charge in [0.05, 0.1) is 17.9 Å². The molecule has 8 unspecified atom stereocenters. The van der Waals surface area contributed by atoms with Crippen LogP contribution in [0.25, 0.3) is 0 Å². The summed E-state index contributed by atoms with van der Waals surface area (Å²) in [4.78, 5) is 2.44. The molecule has 0 spiro atoms. The van der Waals surface area contributed by atoms with Gasteiger partial charge in [0, 0.05) is 18.5 Å². The number of ether oxygens (including phenoxy) is 2. The highest BCUT2D eigenvalue weighted by Gasteiger charge is 2.53. The molecule has 2 aliphatic heterocycles. The molecule has 0 aromatic heterocycles. The fourth-order valence-electron chi connectivity index (χ4n) is 9.47. The summed E-state index contributed by atoms with van der Waals surface area (Å²) < 4.78 is 47.9. The number of rotatable bonds is 9. The molecule has 2 heterocycles. The molecule has 8 heteroatoms. The first-order chi connectivity index (χ1) is 19.8. The van der Waals surface area contributed by atoms with E-state index in [1.54, 1.807) is 0 Å². The van der Waals surface area contributed by atoms with Crippen molar-refractivity contribution in [3.05, 3.63) is 23.6 Å². The molecular formula is C33H53N2O5S+. The van der Waals surface area contributed by atoms with Crippen LogP contribution in [0.15, 0.2) is 23.6 Å². The van der Waals surface area contributed by atoms with Crippen molar-refractivity contribution in [2.24, 2.45) is 23.7 Å². The maximum absolute atomic E-state index is 11.3. The molecule has 6 rings (SSSR count). The van der Waals surface area contributed by atoms with Crippen molar-refractivity contribution in [1.29, 1.82) is 0 Å². The minimum atomic E-state index is -3.93. The van der Waals surface area contributed by atoms with E-state index in [4.69, 9.17) is 9.47 Å². The summed E-state index contributed by atoms with van der Waals surface area (Å²) in [5.74, 6) is 5.01. The predicted octanol–water partition coefficient (Wildman–Crippen LogP) is 6.30. The summed E-state index contributed by atoms with van der Waals surface area (Å²) in [5.41, 5.74) is 1.23. The van der Waals surface area contributed by atoms with E-state index in [0.717, 1.165) is 67.8 Å². The molecule has 1 N–H and O–H groups in total. The fourth-order valence-corrected chi connectivity index (χ4v) is 10.0. The molecule has 0 radical (unpaired) electrons. The minimum absolute atomic E-state index is 0.174. The molecule has 6 aliphatic rings. The minimum Gasteiger partial charge on any atom is -0.474 e. The molecule has 7 nitrogen and oxygen atoms in total. The summed E-state index contributed by atoms with van der Waals surface area (Å²) in [7, 11) is -3.93. The Morgan fingerprint density at radius 1 is 0.927 bits per heavy atom. The molecule has 230 valence electrons. The van der Waals surface area contributed by atoms with Crippen LogP contribution < -0.4 is 0 Å². The van der Waals surface area contributed by atoms with Crippen molar-refractivity contribution in [1.82, 2.24) is 4.90 Å². The lowest BCUT2D eigenvalue weighted by molar-refractivity contribution is -0.569. The summed E-state index contributed by atoms with van der Waals surface area (Å²) >= 11 is 0. The summed E-state index contributed by atoms with van der Waals surface area (Å²) in [6.07, 6.45) is 22.8. The molecular weight excluding hydrogens is 536 g/mol. The molecule has 5 fully saturated rings.